The highest BCUT2D eigenvalue weighted by Gasteiger charge is 2.43. The van der Waals surface area contributed by atoms with Gasteiger partial charge in [-0.15, -0.1) is 0 Å². The molecule has 2 aliphatic heterocycles. The lowest BCUT2D eigenvalue weighted by Gasteiger charge is -2.40. The highest BCUT2D eigenvalue weighted by atomic mass is 19.4. The van der Waals surface area contributed by atoms with Crippen LogP contribution in [0.1, 0.15) is 29.3 Å². The van der Waals surface area contributed by atoms with Crippen LogP contribution < -0.4 is 5.32 Å². The molecule has 0 spiro atoms. The minimum Gasteiger partial charge on any atom is -0.381 e. The van der Waals surface area contributed by atoms with Gasteiger partial charge in [0.25, 0.3) is 0 Å². The molecule has 2 fully saturated rings. The second-order valence-electron chi connectivity index (χ2n) is 9.10. The van der Waals surface area contributed by atoms with E-state index in [0.29, 0.717) is 23.0 Å². The van der Waals surface area contributed by atoms with Gasteiger partial charge in [0.1, 0.15) is 23.5 Å². The summed E-state index contributed by atoms with van der Waals surface area (Å²) in [5.74, 6) is 1.56. The Morgan fingerprint density at radius 3 is 2.66 bits per heavy atom. The topological polar surface area (TPSA) is 66.1 Å². The Bertz CT molecular complexity index is 1130. The molecular formula is C23H24F3N5O. The molecule has 0 saturated carbocycles. The molecule has 3 aromatic rings. The van der Waals surface area contributed by atoms with Crippen molar-refractivity contribution in [3.63, 3.8) is 0 Å². The molecule has 0 amide bonds. The van der Waals surface area contributed by atoms with Crippen molar-refractivity contribution in [1.29, 1.82) is 0 Å². The second-order valence-corrected chi connectivity index (χ2v) is 9.10. The molecule has 9 heteroatoms. The number of ether oxygens (including phenoxy) is 1. The molecule has 0 bridgehead atoms. The highest BCUT2D eigenvalue weighted by Crippen LogP contribution is 2.41. The number of hydrogen-bond donors (Lipinski definition) is 2. The van der Waals surface area contributed by atoms with Gasteiger partial charge in [0.15, 0.2) is 0 Å². The third-order valence-electron chi connectivity index (χ3n) is 7.25. The first-order valence-electron chi connectivity index (χ1n) is 11.0. The van der Waals surface area contributed by atoms with Gasteiger partial charge < -0.3 is 15.0 Å². The number of anilines is 1. The Kier molecular flexibility index (Phi) is 4.65. The molecule has 4 unspecified atom stereocenters. The lowest BCUT2D eigenvalue weighted by molar-refractivity contribution is -0.140. The summed E-state index contributed by atoms with van der Waals surface area (Å²) < 4.78 is 45.5. The average molecular weight is 443 g/mol. The molecule has 1 aromatic carbocycles. The third kappa shape index (κ3) is 3.34. The van der Waals surface area contributed by atoms with E-state index in [-0.39, 0.29) is 17.7 Å². The van der Waals surface area contributed by atoms with E-state index in [1.165, 1.54) is 17.5 Å². The molecule has 3 aliphatic rings. The van der Waals surface area contributed by atoms with Crippen LogP contribution in [0.15, 0.2) is 36.7 Å². The quantitative estimate of drug-likeness (QED) is 0.640. The molecule has 1 aliphatic carbocycles. The predicted molar refractivity (Wildman–Crippen MR) is 113 cm³/mol. The number of fused-ring (bicyclic) bond motifs is 3. The van der Waals surface area contributed by atoms with Crippen LogP contribution in [0.25, 0.3) is 11.0 Å². The Labute approximate surface area is 183 Å². The smallest absolute Gasteiger partial charge is 0.381 e. The van der Waals surface area contributed by atoms with Crippen molar-refractivity contribution in [1.82, 2.24) is 19.9 Å². The maximum Gasteiger partial charge on any atom is 0.431 e. The number of aromatic amines is 1. The first-order chi connectivity index (χ1) is 15.5. The van der Waals surface area contributed by atoms with Crippen molar-refractivity contribution < 1.29 is 17.9 Å². The number of nitrogens with one attached hydrogen (secondary N) is 2. The normalized spacial score (nSPS) is 28.1. The van der Waals surface area contributed by atoms with E-state index in [2.05, 4.69) is 37.3 Å². The summed E-state index contributed by atoms with van der Waals surface area (Å²) in [6, 6.07) is 9.59. The van der Waals surface area contributed by atoms with Crippen LogP contribution in [-0.4, -0.2) is 52.2 Å². The summed E-state index contributed by atoms with van der Waals surface area (Å²) in [5, 5.41) is 3.88. The van der Waals surface area contributed by atoms with Crippen LogP contribution in [0.4, 0.5) is 19.0 Å². The fourth-order valence-electron chi connectivity index (χ4n) is 5.66. The zero-order valence-electron chi connectivity index (χ0n) is 17.4. The van der Waals surface area contributed by atoms with E-state index < -0.39 is 11.9 Å². The lowest BCUT2D eigenvalue weighted by atomic mass is 9.83. The van der Waals surface area contributed by atoms with Gasteiger partial charge in [0.05, 0.1) is 24.6 Å². The zero-order chi connectivity index (χ0) is 21.9. The largest absolute Gasteiger partial charge is 0.431 e. The summed E-state index contributed by atoms with van der Waals surface area (Å²) >= 11 is 0. The molecule has 2 saturated heterocycles. The monoisotopic (exact) mass is 443 g/mol. The van der Waals surface area contributed by atoms with E-state index in [1.54, 1.807) is 0 Å². The van der Waals surface area contributed by atoms with E-state index in [1.807, 2.05) is 12.1 Å². The number of nitrogens with zero attached hydrogens (tertiary/aromatic N) is 3. The second kappa shape index (κ2) is 7.45. The van der Waals surface area contributed by atoms with Gasteiger partial charge in [0, 0.05) is 31.0 Å². The number of aryl methyl sites for hydroxylation is 1. The van der Waals surface area contributed by atoms with Gasteiger partial charge >= 0.3 is 6.18 Å². The molecule has 6 rings (SSSR count). The van der Waals surface area contributed by atoms with E-state index in [9.17, 15) is 13.2 Å². The van der Waals surface area contributed by atoms with Gasteiger partial charge in [-0.1, -0.05) is 24.3 Å². The van der Waals surface area contributed by atoms with Crippen molar-refractivity contribution in [2.75, 3.05) is 31.6 Å². The van der Waals surface area contributed by atoms with Crippen LogP contribution in [0.2, 0.25) is 0 Å². The Morgan fingerprint density at radius 2 is 1.88 bits per heavy atom. The van der Waals surface area contributed by atoms with E-state index in [4.69, 9.17) is 4.74 Å². The van der Waals surface area contributed by atoms with Crippen molar-refractivity contribution in [2.45, 2.75) is 31.1 Å². The molecule has 4 heterocycles. The van der Waals surface area contributed by atoms with Crippen molar-refractivity contribution >= 4 is 16.9 Å². The Morgan fingerprint density at radius 1 is 1.09 bits per heavy atom. The minimum atomic E-state index is -4.46. The Hall–Kier alpha value is -2.65. The first kappa shape index (κ1) is 20.0. The third-order valence-corrected chi connectivity index (χ3v) is 7.25. The van der Waals surface area contributed by atoms with Gasteiger partial charge in [-0.3, -0.25) is 4.90 Å². The van der Waals surface area contributed by atoms with Gasteiger partial charge in [-0.2, -0.15) is 13.2 Å². The molecule has 168 valence electrons. The number of H-pyrrole nitrogens is 1. The van der Waals surface area contributed by atoms with Crippen LogP contribution in [0, 0.1) is 11.8 Å². The standard InChI is InChI=1S/C23H24F3N5O/c24-23(25,26)19-7-17-21(29-19)27-12-28-22(17)30-20-16-4-2-1-3-13(16)5-6-18(20)31-8-14-10-32-11-15(14)9-31/h1-4,7,12,14-15,18,20H,5-6,8-11H2,(H2,27,28,29,30). The summed E-state index contributed by atoms with van der Waals surface area (Å²) in [7, 11) is 0. The highest BCUT2D eigenvalue weighted by molar-refractivity contribution is 5.88. The maximum atomic E-state index is 13.3. The molecule has 2 aromatic heterocycles. The predicted octanol–water partition coefficient (Wildman–Crippen LogP) is 4.02. The van der Waals surface area contributed by atoms with Crippen LogP contribution in [0.3, 0.4) is 0 Å². The van der Waals surface area contributed by atoms with E-state index >= 15 is 0 Å². The molecular weight excluding hydrogens is 419 g/mol. The van der Waals surface area contributed by atoms with Crippen LogP contribution >= 0.6 is 0 Å². The van der Waals surface area contributed by atoms with Gasteiger partial charge in [-0.25, -0.2) is 9.97 Å². The number of hydrogen-bond acceptors (Lipinski definition) is 5. The van der Waals surface area contributed by atoms with Crippen molar-refractivity contribution in [3.05, 3.63) is 53.5 Å². The number of halogens is 3. The summed E-state index contributed by atoms with van der Waals surface area (Å²) in [5.41, 5.74) is 1.84. The average Bonchev–Trinajstić information content (AvgIpc) is 3.48. The minimum absolute atomic E-state index is 0.0676. The van der Waals surface area contributed by atoms with Crippen LogP contribution in [-0.2, 0) is 17.3 Å². The SMILES string of the molecule is FC(F)(F)c1cc2c(NC3c4ccccc4CCC3N3CC4COCC4C3)ncnc2[nH]1. The zero-order valence-corrected chi connectivity index (χ0v) is 17.4. The van der Waals surface area contributed by atoms with Gasteiger partial charge in [-0.05, 0) is 30.0 Å². The molecule has 0 radical (unpaired) electrons. The van der Waals surface area contributed by atoms with Gasteiger partial charge in [0.2, 0.25) is 0 Å². The van der Waals surface area contributed by atoms with Crippen molar-refractivity contribution in [3.8, 4) is 0 Å². The molecule has 32 heavy (non-hydrogen) atoms. The summed E-state index contributed by atoms with van der Waals surface area (Å²) in [6.07, 6.45) is -1.18. The number of rotatable bonds is 3. The molecule has 6 nitrogen and oxygen atoms in total. The number of benzene rings is 1. The fourth-order valence-corrected chi connectivity index (χ4v) is 5.66. The number of aromatic nitrogens is 3. The van der Waals surface area contributed by atoms with Crippen LogP contribution in [0.5, 0.6) is 0 Å². The Balaban J connectivity index is 1.37. The maximum absolute atomic E-state index is 13.3. The molecule has 2 N–H and O–H groups in total. The first-order valence-corrected chi connectivity index (χ1v) is 11.0. The molecule has 4 atom stereocenters. The lowest BCUT2D eigenvalue weighted by Crippen LogP contribution is -2.44. The number of likely N-dealkylation sites (tertiary alicyclic amines) is 1. The fraction of sp³-hybridized carbons (Fsp3) is 0.478. The van der Waals surface area contributed by atoms with E-state index in [0.717, 1.165) is 45.2 Å². The summed E-state index contributed by atoms with van der Waals surface area (Å²) in [6.45, 7) is 3.63. The summed E-state index contributed by atoms with van der Waals surface area (Å²) in [4.78, 5) is 13.3. The van der Waals surface area contributed by atoms with Crippen molar-refractivity contribution in [2.24, 2.45) is 11.8 Å². The number of alkyl halides is 3.